The fourth-order valence-corrected chi connectivity index (χ4v) is 6.34. The molecule has 1 aliphatic heterocycles. The number of fused-ring (bicyclic) bond motifs is 2. The number of hydrogen-bond donors (Lipinski definition) is 3. The van der Waals surface area contributed by atoms with Gasteiger partial charge >= 0.3 is 10.2 Å². The van der Waals surface area contributed by atoms with Crippen molar-refractivity contribution in [1.29, 1.82) is 0 Å². The van der Waals surface area contributed by atoms with Crippen molar-refractivity contribution < 1.29 is 22.7 Å². The van der Waals surface area contributed by atoms with Crippen molar-refractivity contribution in [2.24, 2.45) is 0 Å². The number of aliphatic hydroxyl groups is 1. The highest BCUT2D eigenvalue weighted by Crippen LogP contribution is 2.44. The second-order valence-electron chi connectivity index (χ2n) is 8.21. The zero-order valence-corrected chi connectivity index (χ0v) is 18.4. The number of anilines is 2. The first kappa shape index (κ1) is 20.7. The lowest BCUT2D eigenvalue weighted by atomic mass is 9.98. The summed E-state index contributed by atoms with van der Waals surface area (Å²) in [6, 6.07) is 0.129. The van der Waals surface area contributed by atoms with Gasteiger partial charge in [-0.1, -0.05) is 11.6 Å². The molecule has 31 heavy (non-hydrogen) atoms. The van der Waals surface area contributed by atoms with Gasteiger partial charge in [-0.15, -0.1) is 0 Å². The van der Waals surface area contributed by atoms with Gasteiger partial charge in [0.15, 0.2) is 5.69 Å². The van der Waals surface area contributed by atoms with Crippen molar-refractivity contribution in [2.45, 2.75) is 51.0 Å². The Balaban J connectivity index is 1.36. The molecule has 0 saturated carbocycles. The third kappa shape index (κ3) is 3.71. The van der Waals surface area contributed by atoms with E-state index in [9.17, 15) is 18.3 Å². The third-order valence-corrected chi connectivity index (χ3v) is 8.14. The highest BCUT2D eigenvalue weighted by atomic mass is 35.5. The minimum Gasteiger partial charge on any atom is -0.431 e. The normalized spacial score (nSPS) is 20.6. The van der Waals surface area contributed by atoms with Crippen LogP contribution in [-0.4, -0.2) is 47.9 Å². The summed E-state index contributed by atoms with van der Waals surface area (Å²) in [5, 5.41) is 13.7. The van der Waals surface area contributed by atoms with Crippen LogP contribution in [0.15, 0.2) is 10.7 Å². The molecule has 2 heterocycles. The van der Waals surface area contributed by atoms with Gasteiger partial charge in [-0.3, -0.25) is 4.79 Å². The van der Waals surface area contributed by atoms with E-state index < -0.39 is 22.2 Å². The van der Waals surface area contributed by atoms with Gasteiger partial charge < -0.3 is 14.8 Å². The Labute approximate surface area is 185 Å². The summed E-state index contributed by atoms with van der Waals surface area (Å²) >= 11 is 6.65. The first-order valence-corrected chi connectivity index (χ1v) is 12.2. The van der Waals surface area contributed by atoms with Crippen LogP contribution in [0.4, 0.5) is 11.7 Å². The fourth-order valence-electron chi connectivity index (χ4n) is 4.74. The second kappa shape index (κ2) is 7.77. The number of hydrogen-bond acceptors (Lipinski definition) is 7. The van der Waals surface area contributed by atoms with Gasteiger partial charge in [0, 0.05) is 23.8 Å². The van der Waals surface area contributed by atoms with Crippen molar-refractivity contribution in [3.63, 3.8) is 0 Å². The Hall–Kier alpha value is -2.14. The molecule has 2 aliphatic carbocycles. The van der Waals surface area contributed by atoms with Crippen molar-refractivity contribution in [3.8, 4) is 0 Å². The molecular formula is C20H23ClN4O5S. The number of carbonyl (C=O) groups is 1. The van der Waals surface area contributed by atoms with Crippen LogP contribution in [0.3, 0.4) is 0 Å². The Bertz CT molecular complexity index is 1130. The molecule has 11 heteroatoms. The van der Waals surface area contributed by atoms with E-state index in [4.69, 9.17) is 16.0 Å². The molecule has 1 saturated heterocycles. The van der Waals surface area contributed by atoms with Gasteiger partial charge in [0.25, 0.3) is 11.9 Å². The Morgan fingerprint density at radius 1 is 1.16 bits per heavy atom. The molecule has 166 valence electrons. The van der Waals surface area contributed by atoms with Crippen LogP contribution in [-0.2, 0) is 35.9 Å². The quantitative estimate of drug-likeness (QED) is 0.616. The maximum Gasteiger partial charge on any atom is 0.304 e. The van der Waals surface area contributed by atoms with E-state index in [1.807, 2.05) is 4.72 Å². The minimum atomic E-state index is -4.05. The van der Waals surface area contributed by atoms with Gasteiger partial charge in [0.2, 0.25) is 0 Å². The van der Waals surface area contributed by atoms with Crippen LogP contribution < -0.4 is 10.0 Å². The van der Waals surface area contributed by atoms with Gasteiger partial charge in [-0.2, -0.15) is 17.7 Å². The maximum atomic E-state index is 12.4. The van der Waals surface area contributed by atoms with Crippen molar-refractivity contribution in [3.05, 3.63) is 39.2 Å². The first-order valence-electron chi connectivity index (χ1n) is 10.4. The number of rotatable bonds is 5. The lowest BCUT2D eigenvalue weighted by Crippen LogP contribution is -2.42. The molecule has 1 amide bonds. The van der Waals surface area contributed by atoms with Crippen molar-refractivity contribution >= 4 is 39.4 Å². The number of amides is 1. The van der Waals surface area contributed by atoms with Gasteiger partial charge in [-0.05, 0) is 67.2 Å². The van der Waals surface area contributed by atoms with Crippen LogP contribution in [0.25, 0.3) is 0 Å². The summed E-state index contributed by atoms with van der Waals surface area (Å²) in [6.07, 6.45) is 6.53. The van der Waals surface area contributed by atoms with Gasteiger partial charge in [-0.25, -0.2) is 4.72 Å². The van der Waals surface area contributed by atoms with Crippen molar-refractivity contribution in [1.82, 2.24) is 14.0 Å². The van der Waals surface area contributed by atoms with Gasteiger partial charge in [0.1, 0.15) is 6.26 Å². The molecule has 1 unspecified atom stereocenters. The summed E-state index contributed by atoms with van der Waals surface area (Å²) in [5.74, 6) is -0.884. The number of nitrogens with one attached hydrogen (secondary N) is 2. The molecule has 9 nitrogen and oxygen atoms in total. The van der Waals surface area contributed by atoms with Crippen LogP contribution in [0.2, 0.25) is 5.02 Å². The molecule has 3 N–H and O–H groups in total. The highest BCUT2D eigenvalue weighted by molar-refractivity contribution is 7.87. The van der Waals surface area contributed by atoms with Crippen LogP contribution in [0.1, 0.15) is 52.0 Å². The summed E-state index contributed by atoms with van der Waals surface area (Å²) < 4.78 is 33.1. The number of aliphatic hydroxyl groups excluding tert-OH is 1. The number of aromatic nitrogens is 1. The third-order valence-electron chi connectivity index (χ3n) is 6.23. The van der Waals surface area contributed by atoms with Crippen LogP contribution in [0, 0.1) is 0 Å². The highest BCUT2D eigenvalue weighted by Gasteiger charge is 2.33. The standard InChI is InChI=1S/C20H23ClN4O5S/c21-17-12-3-1-5-14(12)18(15-6-2-4-13(15)17)23-20-22-16(10-30-20)19(27)24-31(28,29)25-8-7-11(26)9-25/h10-11,26H,1-9H2,(H,22,23)(H,24,27). The second-order valence-corrected chi connectivity index (χ2v) is 10.3. The molecule has 2 aromatic rings. The lowest BCUT2D eigenvalue weighted by Gasteiger charge is -2.17. The Morgan fingerprint density at radius 2 is 1.81 bits per heavy atom. The van der Waals surface area contributed by atoms with Gasteiger partial charge in [0.05, 0.1) is 6.10 Å². The number of halogens is 1. The zero-order chi connectivity index (χ0) is 21.8. The molecule has 0 radical (unpaired) electrons. The average molecular weight is 467 g/mol. The van der Waals surface area contributed by atoms with E-state index in [0.717, 1.165) is 59.8 Å². The summed E-state index contributed by atoms with van der Waals surface area (Å²) in [6.45, 7) is 0.114. The molecule has 1 atom stereocenters. The molecular weight excluding hydrogens is 444 g/mol. The predicted molar refractivity (Wildman–Crippen MR) is 114 cm³/mol. The topological polar surface area (TPSA) is 125 Å². The number of β-amino-alcohol motifs (C(OH)–C–C–N with tert-alkyl or cyclic N) is 1. The van der Waals surface area contributed by atoms with Crippen LogP contribution in [0.5, 0.6) is 0 Å². The summed E-state index contributed by atoms with van der Waals surface area (Å²) in [5.41, 5.74) is 5.50. The number of oxazole rings is 1. The smallest absolute Gasteiger partial charge is 0.304 e. The average Bonchev–Trinajstić information content (AvgIpc) is 3.51. The maximum absolute atomic E-state index is 12.4. The van der Waals surface area contributed by atoms with Crippen molar-refractivity contribution in [2.75, 3.05) is 18.4 Å². The largest absolute Gasteiger partial charge is 0.431 e. The van der Waals surface area contributed by atoms with E-state index in [1.165, 1.54) is 22.3 Å². The molecule has 0 spiro atoms. The number of carbonyl (C=O) groups excluding carboxylic acids is 1. The van der Waals surface area contributed by atoms with E-state index in [-0.39, 0.29) is 24.8 Å². The Kier molecular flexibility index (Phi) is 5.20. The first-order chi connectivity index (χ1) is 14.8. The number of nitrogens with zero attached hydrogens (tertiary/aromatic N) is 2. The summed E-state index contributed by atoms with van der Waals surface area (Å²) in [7, 11) is -4.05. The minimum absolute atomic E-state index is 0.0407. The number of benzene rings is 1. The lowest BCUT2D eigenvalue weighted by molar-refractivity contribution is 0.0974. The summed E-state index contributed by atoms with van der Waals surface area (Å²) in [4.78, 5) is 16.6. The molecule has 5 rings (SSSR count). The SMILES string of the molecule is O=C(NS(=O)(=O)N1CCC(O)C1)c1coc(Nc2c3c(c(Cl)c4c2CCC4)CCC3)n1. The Morgan fingerprint density at radius 3 is 2.42 bits per heavy atom. The molecule has 1 aromatic carbocycles. The van der Waals surface area contributed by atoms with E-state index in [1.54, 1.807) is 0 Å². The molecule has 3 aliphatic rings. The van der Waals surface area contributed by atoms with E-state index in [2.05, 4.69) is 10.3 Å². The van der Waals surface area contributed by atoms with E-state index in [0.29, 0.717) is 6.42 Å². The molecule has 0 bridgehead atoms. The zero-order valence-electron chi connectivity index (χ0n) is 16.8. The van der Waals surface area contributed by atoms with E-state index >= 15 is 0 Å². The molecule has 1 fully saturated rings. The fraction of sp³-hybridized carbons (Fsp3) is 0.500. The monoisotopic (exact) mass is 466 g/mol. The predicted octanol–water partition coefficient (Wildman–Crippen LogP) is 2.09. The van der Waals surface area contributed by atoms with Crippen LogP contribution >= 0.6 is 11.6 Å². The molecule has 1 aromatic heterocycles.